The minimum atomic E-state index is -0.676. The van der Waals surface area contributed by atoms with E-state index in [-0.39, 0.29) is 12.2 Å². The van der Waals surface area contributed by atoms with Crippen LogP contribution in [0.4, 0.5) is 13.6 Å². The molecule has 1 aromatic carbocycles. The van der Waals surface area contributed by atoms with Crippen LogP contribution < -0.4 is 10.6 Å². The van der Waals surface area contributed by atoms with Gasteiger partial charge in [0.1, 0.15) is 11.6 Å². The lowest BCUT2D eigenvalue weighted by atomic mass is 9.99. The number of nitrogens with one attached hydrogen (secondary N) is 2. The quantitative estimate of drug-likeness (QED) is 0.782. The van der Waals surface area contributed by atoms with Gasteiger partial charge in [-0.05, 0) is 25.3 Å². The molecule has 0 aliphatic heterocycles. The number of benzene rings is 1. The summed E-state index contributed by atoms with van der Waals surface area (Å²) in [6, 6.07) is 2.34. The first-order valence-corrected chi connectivity index (χ1v) is 7.64. The maximum atomic E-state index is 13.8. The van der Waals surface area contributed by atoms with Crippen molar-refractivity contribution in [3.63, 3.8) is 0 Å². The van der Waals surface area contributed by atoms with Crippen LogP contribution >= 0.6 is 0 Å². The van der Waals surface area contributed by atoms with Crippen LogP contribution in [0.15, 0.2) is 18.2 Å². The Morgan fingerprint density at radius 2 is 2.05 bits per heavy atom. The normalized spacial score (nSPS) is 18.0. The van der Waals surface area contributed by atoms with Crippen LogP contribution in [0.5, 0.6) is 0 Å². The molecule has 1 unspecified atom stereocenters. The van der Waals surface area contributed by atoms with Gasteiger partial charge in [0.2, 0.25) is 0 Å². The van der Waals surface area contributed by atoms with Gasteiger partial charge in [0, 0.05) is 11.6 Å². The summed E-state index contributed by atoms with van der Waals surface area (Å²) < 4.78 is 26.8. The number of carbonyl (C=O) groups is 1. The van der Waals surface area contributed by atoms with E-state index >= 15 is 0 Å². The first-order chi connectivity index (χ1) is 10.5. The molecular weight excluding hydrogens is 290 g/mol. The first-order valence-electron chi connectivity index (χ1n) is 7.64. The fourth-order valence-electron chi connectivity index (χ4n) is 2.99. The molecule has 1 saturated carbocycles. The van der Waals surface area contributed by atoms with Crippen molar-refractivity contribution in [3.8, 4) is 0 Å². The lowest BCUT2D eigenvalue weighted by Crippen LogP contribution is -2.53. The highest BCUT2D eigenvalue weighted by Crippen LogP contribution is 2.29. The lowest BCUT2D eigenvalue weighted by Gasteiger charge is -2.29. The summed E-state index contributed by atoms with van der Waals surface area (Å²) in [6.45, 7) is 1.70. The van der Waals surface area contributed by atoms with E-state index in [1.54, 1.807) is 0 Å². The molecule has 3 N–H and O–H groups in total. The van der Waals surface area contributed by atoms with Gasteiger partial charge in [-0.1, -0.05) is 25.8 Å². The molecule has 22 heavy (non-hydrogen) atoms. The molecule has 122 valence electrons. The van der Waals surface area contributed by atoms with Crippen molar-refractivity contribution < 1.29 is 18.7 Å². The number of urea groups is 1. The first kappa shape index (κ1) is 16.7. The number of rotatable bonds is 5. The van der Waals surface area contributed by atoms with E-state index in [0.717, 1.165) is 31.7 Å². The zero-order valence-electron chi connectivity index (χ0n) is 12.7. The molecule has 1 fully saturated rings. The number of hydrogen-bond acceptors (Lipinski definition) is 2. The molecule has 0 spiro atoms. The van der Waals surface area contributed by atoms with Crippen molar-refractivity contribution in [3.05, 3.63) is 35.4 Å². The topological polar surface area (TPSA) is 61.4 Å². The van der Waals surface area contributed by atoms with Crippen LogP contribution in [0.2, 0.25) is 0 Å². The van der Waals surface area contributed by atoms with E-state index in [4.69, 9.17) is 0 Å². The second kappa shape index (κ2) is 7.05. The van der Waals surface area contributed by atoms with Crippen LogP contribution in [0.1, 0.15) is 50.6 Å². The number of carbonyl (C=O) groups excluding carboxylic acids is 1. The van der Waals surface area contributed by atoms with Crippen molar-refractivity contribution in [1.29, 1.82) is 0 Å². The average Bonchev–Trinajstić information content (AvgIpc) is 2.94. The predicted molar refractivity (Wildman–Crippen MR) is 79.3 cm³/mol. The molecule has 0 bridgehead atoms. The molecule has 2 amide bonds. The summed E-state index contributed by atoms with van der Waals surface area (Å²) >= 11 is 0. The van der Waals surface area contributed by atoms with Gasteiger partial charge in [0.05, 0.1) is 18.2 Å². The lowest BCUT2D eigenvalue weighted by molar-refractivity contribution is 0.161. The van der Waals surface area contributed by atoms with Gasteiger partial charge in [-0.25, -0.2) is 13.6 Å². The van der Waals surface area contributed by atoms with Crippen LogP contribution in [0.3, 0.4) is 0 Å². The molecule has 1 atom stereocenters. The maximum absolute atomic E-state index is 13.8. The van der Waals surface area contributed by atoms with Gasteiger partial charge in [-0.2, -0.15) is 0 Å². The van der Waals surface area contributed by atoms with Gasteiger partial charge in [-0.15, -0.1) is 0 Å². The average molecular weight is 312 g/mol. The van der Waals surface area contributed by atoms with Crippen LogP contribution in [0.25, 0.3) is 0 Å². The molecule has 0 saturated heterocycles. The van der Waals surface area contributed by atoms with E-state index in [2.05, 4.69) is 10.6 Å². The largest absolute Gasteiger partial charge is 0.394 e. The SMILES string of the molecule is CCC(NC(=O)NC1(CO)CCCC1)c1ccc(F)cc1F. The van der Waals surface area contributed by atoms with Gasteiger partial charge < -0.3 is 15.7 Å². The van der Waals surface area contributed by atoms with Gasteiger partial charge in [0.25, 0.3) is 0 Å². The molecule has 0 heterocycles. The number of aliphatic hydroxyl groups is 1. The van der Waals surface area contributed by atoms with Gasteiger partial charge in [0.15, 0.2) is 0 Å². The van der Waals surface area contributed by atoms with Crippen LogP contribution in [0, 0.1) is 11.6 Å². The molecule has 6 heteroatoms. The minimum Gasteiger partial charge on any atom is -0.394 e. The standard InChI is InChI=1S/C16H22F2N2O2/c1-2-14(12-6-5-11(17)9-13(12)18)19-15(22)20-16(10-21)7-3-4-8-16/h5-6,9,14,21H,2-4,7-8,10H2,1H3,(H2,19,20,22). The Labute approximate surface area is 128 Å². The van der Waals surface area contributed by atoms with E-state index < -0.39 is 29.2 Å². The summed E-state index contributed by atoms with van der Waals surface area (Å²) in [5.74, 6) is -1.32. The third kappa shape index (κ3) is 3.74. The zero-order valence-corrected chi connectivity index (χ0v) is 12.7. The second-order valence-corrected chi connectivity index (χ2v) is 5.87. The second-order valence-electron chi connectivity index (χ2n) is 5.87. The molecule has 0 radical (unpaired) electrons. The minimum absolute atomic E-state index is 0.109. The van der Waals surface area contributed by atoms with Crippen molar-refractivity contribution in [2.75, 3.05) is 6.61 Å². The highest BCUT2D eigenvalue weighted by Gasteiger charge is 2.35. The molecule has 1 aromatic rings. The van der Waals surface area contributed by atoms with Gasteiger partial charge >= 0.3 is 6.03 Å². The van der Waals surface area contributed by atoms with Crippen molar-refractivity contribution >= 4 is 6.03 Å². The molecule has 2 rings (SSSR count). The Bertz CT molecular complexity index is 531. The fourth-order valence-corrected chi connectivity index (χ4v) is 2.99. The van der Waals surface area contributed by atoms with Crippen molar-refractivity contribution in [1.82, 2.24) is 10.6 Å². The summed E-state index contributed by atoms with van der Waals surface area (Å²) in [7, 11) is 0. The zero-order chi connectivity index (χ0) is 16.2. The van der Waals surface area contributed by atoms with E-state index in [0.29, 0.717) is 6.42 Å². The monoisotopic (exact) mass is 312 g/mol. The van der Waals surface area contributed by atoms with Crippen molar-refractivity contribution in [2.24, 2.45) is 0 Å². The van der Waals surface area contributed by atoms with E-state index in [1.807, 2.05) is 6.92 Å². The Morgan fingerprint density at radius 1 is 1.36 bits per heavy atom. The maximum Gasteiger partial charge on any atom is 0.315 e. The Kier molecular flexibility index (Phi) is 5.34. The molecule has 4 nitrogen and oxygen atoms in total. The summed E-state index contributed by atoms with van der Waals surface area (Å²) in [5.41, 5.74) is -0.326. The third-order valence-corrected chi connectivity index (χ3v) is 4.29. The Balaban J connectivity index is 2.04. The molecule has 0 aromatic heterocycles. The Morgan fingerprint density at radius 3 is 2.59 bits per heavy atom. The van der Waals surface area contributed by atoms with Crippen LogP contribution in [-0.4, -0.2) is 23.3 Å². The van der Waals surface area contributed by atoms with Gasteiger partial charge in [-0.3, -0.25) is 0 Å². The highest BCUT2D eigenvalue weighted by molar-refractivity contribution is 5.75. The van der Waals surface area contributed by atoms with E-state index in [9.17, 15) is 18.7 Å². The Hall–Kier alpha value is -1.69. The summed E-state index contributed by atoms with van der Waals surface area (Å²) in [4.78, 5) is 12.2. The fraction of sp³-hybridized carbons (Fsp3) is 0.562. The molecule has 1 aliphatic carbocycles. The number of amides is 2. The smallest absolute Gasteiger partial charge is 0.315 e. The van der Waals surface area contributed by atoms with Crippen molar-refractivity contribution in [2.45, 2.75) is 50.6 Å². The summed E-state index contributed by atoms with van der Waals surface area (Å²) in [5, 5.41) is 15.0. The highest BCUT2D eigenvalue weighted by atomic mass is 19.1. The number of halogens is 2. The third-order valence-electron chi connectivity index (χ3n) is 4.29. The number of hydrogen-bond donors (Lipinski definition) is 3. The molecular formula is C16H22F2N2O2. The number of aliphatic hydroxyl groups excluding tert-OH is 1. The molecule has 1 aliphatic rings. The van der Waals surface area contributed by atoms with E-state index in [1.165, 1.54) is 12.1 Å². The predicted octanol–water partition coefficient (Wildman–Crippen LogP) is 3.02. The van der Waals surface area contributed by atoms with Crippen LogP contribution in [-0.2, 0) is 0 Å². The summed E-state index contributed by atoms with van der Waals surface area (Å²) in [6.07, 6.45) is 3.87.